The van der Waals surface area contributed by atoms with Gasteiger partial charge in [-0.25, -0.2) is 4.79 Å². The maximum atomic E-state index is 12.8. The summed E-state index contributed by atoms with van der Waals surface area (Å²) < 4.78 is 5.47. The summed E-state index contributed by atoms with van der Waals surface area (Å²) in [6.07, 6.45) is 0. The van der Waals surface area contributed by atoms with E-state index >= 15 is 0 Å². The third kappa shape index (κ3) is 2.50. The monoisotopic (exact) mass is 326 g/mol. The van der Waals surface area contributed by atoms with Gasteiger partial charge in [-0.15, -0.1) is 0 Å². The number of furan rings is 1. The van der Waals surface area contributed by atoms with Crippen molar-refractivity contribution in [3.63, 3.8) is 0 Å². The molecule has 1 saturated heterocycles. The standard InChI is InChI=1S/C18H18N2O4/c1-11-9-14(12(2)24-11)18(3)16(22)20(17(23)19-18)10-15(21)13-7-5-4-6-8-13/h4-9H,10H2,1-3H3,(H,19,23)/t18-/m1/s1. The average Bonchev–Trinajstić information content (AvgIpc) is 3.00. The van der Waals surface area contributed by atoms with Gasteiger partial charge in [-0.05, 0) is 26.8 Å². The van der Waals surface area contributed by atoms with E-state index in [-0.39, 0.29) is 12.3 Å². The van der Waals surface area contributed by atoms with E-state index in [1.165, 1.54) is 0 Å². The molecule has 1 aromatic heterocycles. The van der Waals surface area contributed by atoms with E-state index in [0.29, 0.717) is 22.6 Å². The number of urea groups is 1. The predicted octanol–water partition coefficient (Wildman–Crippen LogP) is 2.55. The molecule has 0 bridgehead atoms. The highest BCUT2D eigenvalue weighted by Crippen LogP contribution is 2.32. The largest absolute Gasteiger partial charge is 0.466 e. The SMILES string of the molecule is Cc1cc([C@@]2(C)NC(=O)N(CC(=O)c3ccccc3)C2=O)c(C)o1. The first-order chi connectivity index (χ1) is 11.3. The summed E-state index contributed by atoms with van der Waals surface area (Å²) in [5.41, 5.74) is -0.161. The van der Waals surface area contributed by atoms with Crippen molar-refractivity contribution >= 4 is 17.7 Å². The van der Waals surface area contributed by atoms with Gasteiger partial charge in [0.25, 0.3) is 5.91 Å². The van der Waals surface area contributed by atoms with E-state index in [0.717, 1.165) is 4.90 Å². The number of ketones is 1. The van der Waals surface area contributed by atoms with E-state index in [1.807, 2.05) is 0 Å². The molecule has 2 aromatic rings. The number of hydrogen-bond acceptors (Lipinski definition) is 4. The Labute approximate surface area is 139 Å². The van der Waals surface area contributed by atoms with Crippen LogP contribution in [0.15, 0.2) is 40.8 Å². The van der Waals surface area contributed by atoms with Gasteiger partial charge in [0.15, 0.2) is 5.78 Å². The number of amides is 3. The molecule has 2 heterocycles. The van der Waals surface area contributed by atoms with Crippen molar-refractivity contribution in [2.24, 2.45) is 0 Å². The summed E-state index contributed by atoms with van der Waals surface area (Å²) in [6, 6.07) is 9.74. The van der Waals surface area contributed by atoms with Crippen LogP contribution < -0.4 is 5.32 Å². The fraction of sp³-hybridized carbons (Fsp3) is 0.278. The first-order valence-corrected chi connectivity index (χ1v) is 7.63. The molecule has 1 fully saturated rings. The van der Waals surface area contributed by atoms with Gasteiger partial charge in [0, 0.05) is 11.1 Å². The Morgan fingerprint density at radius 2 is 1.88 bits per heavy atom. The van der Waals surface area contributed by atoms with Gasteiger partial charge in [-0.3, -0.25) is 14.5 Å². The molecule has 3 rings (SSSR count). The molecular formula is C18H18N2O4. The van der Waals surface area contributed by atoms with Crippen molar-refractivity contribution in [1.82, 2.24) is 10.2 Å². The normalized spacial score (nSPS) is 20.4. The summed E-state index contributed by atoms with van der Waals surface area (Å²) in [4.78, 5) is 38.4. The lowest BCUT2D eigenvalue weighted by Gasteiger charge is -2.21. The molecule has 1 N–H and O–H groups in total. The number of nitrogens with zero attached hydrogens (tertiary/aromatic N) is 1. The highest BCUT2D eigenvalue weighted by Gasteiger charge is 2.51. The predicted molar refractivity (Wildman–Crippen MR) is 86.6 cm³/mol. The van der Waals surface area contributed by atoms with Crippen LogP contribution in [0.25, 0.3) is 0 Å². The lowest BCUT2D eigenvalue weighted by molar-refractivity contribution is -0.130. The van der Waals surface area contributed by atoms with Gasteiger partial charge in [-0.1, -0.05) is 30.3 Å². The van der Waals surface area contributed by atoms with E-state index in [2.05, 4.69) is 5.32 Å². The Morgan fingerprint density at radius 1 is 1.21 bits per heavy atom. The molecule has 0 saturated carbocycles. The number of carbonyl (C=O) groups is 3. The van der Waals surface area contributed by atoms with Crippen LogP contribution in [0.2, 0.25) is 0 Å². The topological polar surface area (TPSA) is 79.6 Å². The number of hydrogen-bond donors (Lipinski definition) is 1. The quantitative estimate of drug-likeness (QED) is 0.692. The van der Waals surface area contributed by atoms with E-state index in [4.69, 9.17) is 4.42 Å². The minimum absolute atomic E-state index is 0.288. The van der Waals surface area contributed by atoms with Crippen LogP contribution in [0.4, 0.5) is 4.79 Å². The Morgan fingerprint density at radius 3 is 2.46 bits per heavy atom. The zero-order valence-electron chi connectivity index (χ0n) is 13.8. The maximum absolute atomic E-state index is 12.8. The number of Topliss-reactive ketones (excluding diaryl/α,β-unsaturated/α-hetero) is 1. The zero-order chi connectivity index (χ0) is 17.5. The molecule has 1 atom stereocenters. The molecule has 0 radical (unpaired) electrons. The van der Waals surface area contributed by atoms with Crippen molar-refractivity contribution < 1.29 is 18.8 Å². The third-order valence-electron chi connectivity index (χ3n) is 4.25. The fourth-order valence-electron chi connectivity index (χ4n) is 3.01. The number of nitrogens with one attached hydrogen (secondary N) is 1. The molecule has 1 aliphatic heterocycles. The molecule has 1 aromatic carbocycles. The lowest BCUT2D eigenvalue weighted by Crippen LogP contribution is -2.41. The van der Waals surface area contributed by atoms with Gasteiger partial charge >= 0.3 is 6.03 Å². The Bertz CT molecular complexity index is 825. The minimum Gasteiger partial charge on any atom is -0.466 e. The van der Waals surface area contributed by atoms with Crippen LogP contribution in [0.1, 0.15) is 34.4 Å². The van der Waals surface area contributed by atoms with E-state index < -0.39 is 17.5 Å². The fourth-order valence-corrected chi connectivity index (χ4v) is 3.01. The molecule has 124 valence electrons. The second kappa shape index (κ2) is 5.63. The summed E-state index contributed by atoms with van der Waals surface area (Å²) in [7, 11) is 0. The van der Waals surface area contributed by atoms with Crippen LogP contribution >= 0.6 is 0 Å². The molecule has 6 nitrogen and oxygen atoms in total. The van der Waals surface area contributed by atoms with Crippen LogP contribution in [0.5, 0.6) is 0 Å². The third-order valence-corrected chi connectivity index (χ3v) is 4.25. The highest BCUT2D eigenvalue weighted by atomic mass is 16.3. The molecule has 24 heavy (non-hydrogen) atoms. The summed E-state index contributed by atoms with van der Waals surface area (Å²) in [5.74, 6) is 0.480. The minimum atomic E-state index is -1.23. The van der Waals surface area contributed by atoms with Gasteiger partial charge in [0.2, 0.25) is 0 Å². The Hall–Kier alpha value is -2.89. The molecular weight excluding hydrogens is 308 g/mol. The number of aryl methyl sites for hydroxylation is 2. The van der Waals surface area contributed by atoms with Crippen molar-refractivity contribution in [3.8, 4) is 0 Å². The smallest absolute Gasteiger partial charge is 0.325 e. The van der Waals surface area contributed by atoms with Crippen molar-refractivity contribution in [1.29, 1.82) is 0 Å². The molecule has 0 aliphatic carbocycles. The Kier molecular flexibility index (Phi) is 3.75. The van der Waals surface area contributed by atoms with Crippen molar-refractivity contribution in [2.75, 3.05) is 6.54 Å². The summed E-state index contributed by atoms with van der Waals surface area (Å²) in [5, 5.41) is 2.68. The molecule has 1 aliphatic rings. The van der Waals surface area contributed by atoms with Crippen LogP contribution in [-0.2, 0) is 10.3 Å². The molecule has 0 spiro atoms. The maximum Gasteiger partial charge on any atom is 0.325 e. The van der Waals surface area contributed by atoms with Crippen LogP contribution in [-0.4, -0.2) is 29.2 Å². The second-order valence-corrected chi connectivity index (χ2v) is 6.06. The molecule has 0 unspecified atom stereocenters. The average molecular weight is 326 g/mol. The van der Waals surface area contributed by atoms with Crippen molar-refractivity contribution in [2.45, 2.75) is 26.3 Å². The summed E-state index contributed by atoms with van der Waals surface area (Å²) in [6.45, 7) is 4.85. The highest BCUT2D eigenvalue weighted by molar-refractivity contribution is 6.11. The van der Waals surface area contributed by atoms with E-state index in [9.17, 15) is 14.4 Å². The number of carbonyl (C=O) groups excluding carboxylic acids is 3. The Balaban J connectivity index is 1.87. The van der Waals surface area contributed by atoms with Crippen LogP contribution in [0, 0.1) is 13.8 Å². The first kappa shape index (κ1) is 16.0. The number of imide groups is 1. The number of benzene rings is 1. The van der Waals surface area contributed by atoms with Gasteiger partial charge in [0.05, 0.1) is 6.54 Å². The van der Waals surface area contributed by atoms with Gasteiger partial charge in [0.1, 0.15) is 17.1 Å². The second-order valence-electron chi connectivity index (χ2n) is 6.06. The van der Waals surface area contributed by atoms with Gasteiger partial charge in [-0.2, -0.15) is 0 Å². The van der Waals surface area contributed by atoms with Crippen molar-refractivity contribution in [3.05, 3.63) is 59.0 Å². The van der Waals surface area contributed by atoms with Crippen LogP contribution in [0.3, 0.4) is 0 Å². The first-order valence-electron chi connectivity index (χ1n) is 7.63. The summed E-state index contributed by atoms with van der Waals surface area (Å²) >= 11 is 0. The lowest BCUT2D eigenvalue weighted by atomic mass is 9.92. The van der Waals surface area contributed by atoms with Gasteiger partial charge < -0.3 is 9.73 Å². The zero-order valence-corrected chi connectivity index (χ0v) is 13.8. The molecule has 3 amide bonds. The number of rotatable bonds is 4. The molecule has 6 heteroatoms. The van der Waals surface area contributed by atoms with E-state index in [1.54, 1.807) is 57.2 Å².